The molecule has 0 fully saturated rings. The molecule has 31 heavy (non-hydrogen) atoms. The largest absolute Gasteiger partial charge is 0.352 e. The number of carbonyl (C=O) groups excluding carboxylic acids is 1. The molecule has 0 aliphatic rings. The molecule has 1 heterocycles. The molecule has 3 N–H and O–H groups in total. The van der Waals surface area contributed by atoms with Crippen molar-refractivity contribution in [1.29, 1.82) is 0 Å². The summed E-state index contributed by atoms with van der Waals surface area (Å²) in [4.78, 5) is 31.6. The number of amides is 1. The second-order valence-corrected chi connectivity index (χ2v) is 9.30. The number of para-hydroxylation sites is 1. The van der Waals surface area contributed by atoms with E-state index in [1.807, 2.05) is 6.07 Å². The maximum Gasteiger partial charge on any atom is 0.258 e. The Labute approximate surface area is 181 Å². The maximum absolute atomic E-state index is 12.3. The Morgan fingerprint density at radius 2 is 1.90 bits per heavy atom. The van der Waals surface area contributed by atoms with E-state index in [-0.39, 0.29) is 35.4 Å². The summed E-state index contributed by atoms with van der Waals surface area (Å²) in [5.41, 5.74) is 1.14. The second kappa shape index (κ2) is 9.84. The average Bonchev–Trinajstić information content (AvgIpc) is 2.72. The van der Waals surface area contributed by atoms with Crippen molar-refractivity contribution in [1.82, 2.24) is 20.0 Å². The molecule has 0 saturated carbocycles. The van der Waals surface area contributed by atoms with Crippen LogP contribution < -0.4 is 15.6 Å². The van der Waals surface area contributed by atoms with Gasteiger partial charge < -0.3 is 10.3 Å². The van der Waals surface area contributed by atoms with E-state index in [9.17, 15) is 18.0 Å². The zero-order valence-electron chi connectivity index (χ0n) is 17.5. The van der Waals surface area contributed by atoms with Crippen molar-refractivity contribution in [2.75, 3.05) is 0 Å². The van der Waals surface area contributed by atoms with Crippen LogP contribution in [-0.2, 0) is 27.8 Å². The van der Waals surface area contributed by atoms with Crippen LogP contribution in [0.5, 0.6) is 0 Å². The highest BCUT2D eigenvalue weighted by Gasteiger charge is 2.15. The molecular formula is C22H26N4O4S. The van der Waals surface area contributed by atoms with Gasteiger partial charge in [-0.3, -0.25) is 9.59 Å². The molecule has 3 rings (SSSR count). The first-order valence-electron chi connectivity index (χ1n) is 10.1. The Morgan fingerprint density at radius 3 is 2.68 bits per heavy atom. The molecule has 9 heteroatoms. The van der Waals surface area contributed by atoms with Gasteiger partial charge in [-0.15, -0.1) is 0 Å². The van der Waals surface area contributed by atoms with E-state index in [1.165, 1.54) is 6.07 Å². The fourth-order valence-electron chi connectivity index (χ4n) is 3.16. The van der Waals surface area contributed by atoms with Gasteiger partial charge in [0.05, 0.1) is 15.8 Å². The normalized spacial score (nSPS) is 11.7. The lowest BCUT2D eigenvalue weighted by Crippen LogP contribution is -2.30. The Bertz CT molecular complexity index is 1240. The van der Waals surface area contributed by atoms with E-state index >= 15 is 0 Å². The Kier molecular flexibility index (Phi) is 7.19. The number of hydrogen-bond acceptors (Lipinski definition) is 5. The highest BCUT2D eigenvalue weighted by atomic mass is 32.2. The van der Waals surface area contributed by atoms with Crippen LogP contribution in [-0.4, -0.2) is 30.3 Å². The summed E-state index contributed by atoms with van der Waals surface area (Å²) in [6.45, 7) is 3.74. The molecule has 0 spiro atoms. The third kappa shape index (κ3) is 6.22. The minimum Gasteiger partial charge on any atom is -0.352 e. The second-order valence-electron chi connectivity index (χ2n) is 7.58. The molecule has 0 saturated heterocycles. The summed E-state index contributed by atoms with van der Waals surface area (Å²) in [5, 5.41) is 3.34. The van der Waals surface area contributed by atoms with Gasteiger partial charge in [0.15, 0.2) is 0 Å². The number of carbonyl (C=O) groups is 1. The first-order chi connectivity index (χ1) is 14.7. The number of H-pyrrole nitrogens is 1. The van der Waals surface area contributed by atoms with Crippen molar-refractivity contribution in [2.45, 2.75) is 50.6 Å². The summed E-state index contributed by atoms with van der Waals surface area (Å²) in [5.74, 6) is 0.392. The van der Waals surface area contributed by atoms with Crippen molar-refractivity contribution < 1.29 is 13.2 Å². The molecule has 164 valence electrons. The summed E-state index contributed by atoms with van der Waals surface area (Å²) in [6, 6.07) is 13.4. The lowest BCUT2D eigenvalue weighted by atomic mass is 10.2. The first-order valence-corrected chi connectivity index (χ1v) is 11.6. The lowest BCUT2D eigenvalue weighted by Gasteiger charge is -2.11. The monoisotopic (exact) mass is 442 g/mol. The number of aryl methyl sites for hydroxylation is 1. The van der Waals surface area contributed by atoms with Crippen molar-refractivity contribution in [2.24, 2.45) is 0 Å². The molecule has 2 aromatic carbocycles. The molecule has 0 unspecified atom stereocenters. The maximum atomic E-state index is 12.3. The molecule has 3 aromatic rings. The van der Waals surface area contributed by atoms with E-state index in [4.69, 9.17) is 0 Å². The summed E-state index contributed by atoms with van der Waals surface area (Å²) in [6.07, 6.45) is 1.27. The quantitative estimate of drug-likeness (QED) is 0.469. The number of benzene rings is 2. The number of aromatic nitrogens is 2. The van der Waals surface area contributed by atoms with Crippen LogP contribution in [0.25, 0.3) is 10.9 Å². The van der Waals surface area contributed by atoms with Crippen LogP contribution in [0.4, 0.5) is 0 Å². The molecule has 0 bridgehead atoms. The average molecular weight is 443 g/mol. The number of rotatable bonds is 9. The van der Waals surface area contributed by atoms with Crippen molar-refractivity contribution in [3.8, 4) is 0 Å². The smallest absolute Gasteiger partial charge is 0.258 e. The van der Waals surface area contributed by atoms with Crippen LogP contribution >= 0.6 is 0 Å². The topological polar surface area (TPSA) is 121 Å². The van der Waals surface area contributed by atoms with Crippen LogP contribution in [0.2, 0.25) is 0 Å². The van der Waals surface area contributed by atoms with Crippen molar-refractivity contribution in [3.63, 3.8) is 0 Å². The number of sulfonamides is 1. The predicted octanol–water partition coefficient (Wildman–Crippen LogP) is 2.25. The van der Waals surface area contributed by atoms with Crippen LogP contribution in [0, 0.1) is 0 Å². The van der Waals surface area contributed by atoms with Crippen LogP contribution in [0.1, 0.15) is 38.1 Å². The molecular weight excluding hydrogens is 416 g/mol. The number of nitrogens with zero attached hydrogens (tertiary/aromatic N) is 1. The van der Waals surface area contributed by atoms with E-state index in [2.05, 4.69) is 20.0 Å². The predicted molar refractivity (Wildman–Crippen MR) is 119 cm³/mol. The third-order valence-corrected chi connectivity index (χ3v) is 6.22. The van der Waals surface area contributed by atoms with Gasteiger partial charge in [0.25, 0.3) is 5.56 Å². The van der Waals surface area contributed by atoms with Gasteiger partial charge in [-0.2, -0.15) is 0 Å². The Balaban J connectivity index is 1.52. The molecule has 0 aliphatic heterocycles. The van der Waals surface area contributed by atoms with E-state index in [1.54, 1.807) is 50.2 Å². The number of nitrogens with one attached hydrogen (secondary N) is 3. The highest BCUT2D eigenvalue weighted by Crippen LogP contribution is 2.12. The van der Waals surface area contributed by atoms with Gasteiger partial charge in [0.2, 0.25) is 15.9 Å². The van der Waals surface area contributed by atoms with Crippen molar-refractivity contribution in [3.05, 3.63) is 70.3 Å². The Morgan fingerprint density at radius 1 is 1.13 bits per heavy atom. The highest BCUT2D eigenvalue weighted by molar-refractivity contribution is 7.89. The zero-order chi connectivity index (χ0) is 22.4. The fraction of sp³-hybridized carbons (Fsp3) is 0.318. The summed E-state index contributed by atoms with van der Waals surface area (Å²) >= 11 is 0. The van der Waals surface area contributed by atoms with Gasteiger partial charge in [0.1, 0.15) is 5.82 Å². The molecule has 0 atom stereocenters. The van der Waals surface area contributed by atoms with Crippen molar-refractivity contribution >= 4 is 26.8 Å². The number of fused-ring (bicyclic) bond motifs is 1. The summed E-state index contributed by atoms with van der Waals surface area (Å²) in [7, 11) is -3.58. The van der Waals surface area contributed by atoms with Crippen LogP contribution in [0.15, 0.2) is 58.2 Å². The molecule has 0 radical (unpaired) electrons. The lowest BCUT2D eigenvalue weighted by molar-refractivity contribution is -0.121. The third-order valence-electron chi connectivity index (χ3n) is 4.57. The van der Waals surface area contributed by atoms with Gasteiger partial charge in [0, 0.05) is 25.4 Å². The molecule has 1 aromatic heterocycles. The van der Waals surface area contributed by atoms with Gasteiger partial charge in [-0.05, 0) is 50.1 Å². The van der Waals surface area contributed by atoms with E-state index in [0.29, 0.717) is 35.1 Å². The molecule has 8 nitrogen and oxygen atoms in total. The van der Waals surface area contributed by atoms with Crippen LogP contribution in [0.3, 0.4) is 0 Å². The Hall–Kier alpha value is -3.04. The SMILES string of the molecule is CC(C)NS(=O)(=O)c1cccc(CNC(=O)CCCc2nc3ccccc3c(=O)[nH]2)c1. The van der Waals surface area contributed by atoms with Gasteiger partial charge >= 0.3 is 0 Å². The molecule has 0 aliphatic carbocycles. The minimum absolute atomic E-state index is 0.156. The number of aromatic amines is 1. The first kappa shape index (κ1) is 22.6. The van der Waals surface area contributed by atoms with Gasteiger partial charge in [-0.25, -0.2) is 18.1 Å². The zero-order valence-corrected chi connectivity index (χ0v) is 18.3. The van der Waals surface area contributed by atoms with E-state index < -0.39 is 10.0 Å². The summed E-state index contributed by atoms with van der Waals surface area (Å²) < 4.78 is 27.1. The van der Waals surface area contributed by atoms with E-state index in [0.717, 1.165) is 0 Å². The fourth-order valence-corrected chi connectivity index (χ4v) is 4.48. The number of hydrogen-bond donors (Lipinski definition) is 3. The standard InChI is InChI=1S/C22H26N4O4S/c1-15(2)26-31(29,30)17-8-5-7-16(13-17)14-23-21(27)12-6-11-20-24-19-10-4-3-9-18(19)22(28)25-20/h3-5,7-10,13,15,26H,6,11-12,14H2,1-2H3,(H,23,27)(H,24,25,28). The minimum atomic E-state index is -3.58. The molecule has 1 amide bonds. The van der Waals surface area contributed by atoms with Gasteiger partial charge in [-0.1, -0.05) is 24.3 Å².